The third-order valence-corrected chi connectivity index (χ3v) is 1.97. The van der Waals surface area contributed by atoms with Crippen LogP contribution in [0.25, 0.3) is 0 Å². The molecule has 0 fully saturated rings. The summed E-state index contributed by atoms with van der Waals surface area (Å²) in [4.78, 5) is 11.1. The van der Waals surface area contributed by atoms with Gasteiger partial charge in [-0.15, -0.1) is 0 Å². The van der Waals surface area contributed by atoms with Crippen molar-refractivity contribution in [1.82, 2.24) is 5.32 Å². The van der Waals surface area contributed by atoms with Crippen molar-refractivity contribution in [3.63, 3.8) is 0 Å². The Hall–Kier alpha value is -0.610. The van der Waals surface area contributed by atoms with Crippen LogP contribution in [-0.4, -0.2) is 30.7 Å². The Labute approximate surface area is 86.2 Å². The molecule has 0 aromatic heterocycles. The lowest BCUT2D eigenvalue weighted by atomic mass is 10.1. The van der Waals surface area contributed by atoms with E-state index in [1.807, 2.05) is 20.8 Å². The molecule has 0 saturated heterocycles. The minimum absolute atomic E-state index is 0.114. The van der Waals surface area contributed by atoms with Crippen molar-refractivity contribution in [2.45, 2.75) is 45.8 Å². The summed E-state index contributed by atoms with van der Waals surface area (Å²) in [6, 6.07) is -0.440. The first-order valence-electron chi connectivity index (χ1n) is 5.06. The van der Waals surface area contributed by atoms with Crippen molar-refractivity contribution in [1.29, 1.82) is 0 Å². The molecule has 0 aromatic carbocycles. The molecule has 0 spiro atoms. The zero-order chi connectivity index (χ0) is 11.2. The van der Waals surface area contributed by atoms with Crippen molar-refractivity contribution in [3.05, 3.63) is 0 Å². The van der Waals surface area contributed by atoms with Gasteiger partial charge >= 0.3 is 0 Å². The summed E-state index contributed by atoms with van der Waals surface area (Å²) < 4.78 is 5.49. The molecule has 0 bridgehead atoms. The molecule has 1 atom stereocenters. The molecule has 0 radical (unpaired) electrons. The molecule has 0 rings (SSSR count). The smallest absolute Gasteiger partial charge is 0.236 e. The van der Waals surface area contributed by atoms with Crippen LogP contribution < -0.4 is 11.1 Å². The maximum Gasteiger partial charge on any atom is 0.236 e. The zero-order valence-corrected chi connectivity index (χ0v) is 9.59. The average molecular weight is 202 g/mol. The van der Waals surface area contributed by atoms with Crippen molar-refractivity contribution in [2.75, 3.05) is 13.2 Å². The molecule has 0 aromatic rings. The van der Waals surface area contributed by atoms with E-state index in [0.29, 0.717) is 13.2 Å². The highest BCUT2D eigenvalue weighted by atomic mass is 16.5. The van der Waals surface area contributed by atoms with E-state index in [2.05, 4.69) is 5.32 Å². The standard InChI is InChI=1S/C10H22N2O2/c1-5-14-10(3,4)6-7-12-9(13)8(2)11/h8H,5-7,11H2,1-4H3,(H,12,13). The first kappa shape index (κ1) is 13.4. The number of nitrogens with two attached hydrogens (primary N) is 1. The molecule has 1 amide bonds. The van der Waals surface area contributed by atoms with E-state index in [-0.39, 0.29) is 11.5 Å². The Bertz CT molecular complexity index is 179. The minimum atomic E-state index is -0.440. The fraction of sp³-hybridized carbons (Fsp3) is 0.900. The van der Waals surface area contributed by atoms with Gasteiger partial charge in [0.2, 0.25) is 5.91 Å². The summed E-state index contributed by atoms with van der Waals surface area (Å²) >= 11 is 0. The first-order valence-corrected chi connectivity index (χ1v) is 5.06. The second-order valence-corrected chi connectivity index (χ2v) is 4.02. The Balaban J connectivity index is 3.68. The highest BCUT2D eigenvalue weighted by molar-refractivity contribution is 5.80. The summed E-state index contributed by atoms with van der Waals surface area (Å²) in [7, 11) is 0. The van der Waals surface area contributed by atoms with Gasteiger partial charge in [0.25, 0.3) is 0 Å². The second-order valence-electron chi connectivity index (χ2n) is 4.02. The van der Waals surface area contributed by atoms with E-state index in [0.717, 1.165) is 6.42 Å². The lowest BCUT2D eigenvalue weighted by Gasteiger charge is -2.24. The lowest BCUT2D eigenvalue weighted by molar-refractivity contribution is -0.122. The van der Waals surface area contributed by atoms with E-state index in [9.17, 15) is 4.79 Å². The van der Waals surface area contributed by atoms with E-state index in [1.165, 1.54) is 0 Å². The van der Waals surface area contributed by atoms with Gasteiger partial charge in [-0.2, -0.15) is 0 Å². The van der Waals surface area contributed by atoms with Crippen LogP contribution in [0.1, 0.15) is 34.1 Å². The molecule has 4 heteroatoms. The molecular weight excluding hydrogens is 180 g/mol. The van der Waals surface area contributed by atoms with Gasteiger partial charge in [0.1, 0.15) is 0 Å². The molecule has 14 heavy (non-hydrogen) atoms. The monoisotopic (exact) mass is 202 g/mol. The van der Waals surface area contributed by atoms with Gasteiger partial charge in [0, 0.05) is 13.2 Å². The van der Waals surface area contributed by atoms with E-state index in [4.69, 9.17) is 10.5 Å². The van der Waals surface area contributed by atoms with Crippen molar-refractivity contribution >= 4 is 5.91 Å². The fourth-order valence-electron chi connectivity index (χ4n) is 1.11. The van der Waals surface area contributed by atoms with Gasteiger partial charge in [-0.3, -0.25) is 4.79 Å². The predicted octanol–water partition coefficient (Wildman–Crippen LogP) is 0.655. The van der Waals surface area contributed by atoms with Gasteiger partial charge in [0.15, 0.2) is 0 Å². The molecule has 3 N–H and O–H groups in total. The Morgan fingerprint density at radius 1 is 1.57 bits per heavy atom. The molecule has 0 aliphatic carbocycles. The summed E-state index contributed by atoms with van der Waals surface area (Å²) in [5.41, 5.74) is 5.22. The summed E-state index contributed by atoms with van der Waals surface area (Å²) in [6.07, 6.45) is 0.791. The Kier molecular flexibility index (Phi) is 5.72. The van der Waals surface area contributed by atoms with Gasteiger partial charge < -0.3 is 15.8 Å². The van der Waals surface area contributed by atoms with Crippen molar-refractivity contribution in [3.8, 4) is 0 Å². The van der Waals surface area contributed by atoms with Crippen molar-refractivity contribution < 1.29 is 9.53 Å². The quantitative estimate of drug-likeness (QED) is 0.665. The molecule has 84 valence electrons. The number of carbonyl (C=O) groups is 1. The van der Waals surface area contributed by atoms with Crippen LogP contribution in [0, 0.1) is 0 Å². The summed E-state index contributed by atoms with van der Waals surface area (Å²) in [5, 5.41) is 2.75. The number of carbonyl (C=O) groups excluding carboxylic acids is 1. The van der Waals surface area contributed by atoms with Crippen LogP contribution in [0.3, 0.4) is 0 Å². The largest absolute Gasteiger partial charge is 0.376 e. The maximum atomic E-state index is 11.1. The summed E-state index contributed by atoms with van der Waals surface area (Å²) in [5.74, 6) is -0.114. The Morgan fingerprint density at radius 3 is 2.57 bits per heavy atom. The van der Waals surface area contributed by atoms with Gasteiger partial charge in [-0.05, 0) is 34.1 Å². The first-order chi connectivity index (χ1) is 6.39. The number of nitrogens with one attached hydrogen (secondary N) is 1. The van der Waals surface area contributed by atoms with E-state index in [1.54, 1.807) is 6.92 Å². The number of hydrogen-bond acceptors (Lipinski definition) is 3. The zero-order valence-electron chi connectivity index (χ0n) is 9.59. The summed E-state index contributed by atoms with van der Waals surface area (Å²) in [6.45, 7) is 8.94. The molecule has 0 aliphatic rings. The molecule has 0 heterocycles. The molecule has 4 nitrogen and oxygen atoms in total. The topological polar surface area (TPSA) is 64.3 Å². The second kappa shape index (κ2) is 5.98. The third kappa shape index (κ3) is 5.94. The predicted molar refractivity (Wildman–Crippen MR) is 57.0 cm³/mol. The van der Waals surface area contributed by atoms with E-state index >= 15 is 0 Å². The van der Waals surface area contributed by atoms with Crippen molar-refractivity contribution in [2.24, 2.45) is 5.73 Å². The maximum absolute atomic E-state index is 11.1. The Morgan fingerprint density at radius 2 is 2.14 bits per heavy atom. The molecule has 0 saturated carbocycles. The number of amides is 1. The minimum Gasteiger partial charge on any atom is -0.376 e. The highest BCUT2D eigenvalue weighted by Crippen LogP contribution is 2.12. The third-order valence-electron chi connectivity index (χ3n) is 1.97. The normalized spacial score (nSPS) is 13.8. The van der Waals surface area contributed by atoms with Crippen LogP contribution in [0.2, 0.25) is 0 Å². The lowest BCUT2D eigenvalue weighted by Crippen LogP contribution is -2.40. The molecular formula is C10H22N2O2. The number of rotatable bonds is 6. The van der Waals surface area contributed by atoms with Gasteiger partial charge in [-0.1, -0.05) is 0 Å². The van der Waals surface area contributed by atoms with Gasteiger partial charge in [0.05, 0.1) is 11.6 Å². The SMILES string of the molecule is CCOC(C)(C)CCNC(=O)C(C)N. The number of ether oxygens (including phenoxy) is 1. The van der Waals surface area contributed by atoms with Crippen LogP contribution in [0.5, 0.6) is 0 Å². The fourth-order valence-corrected chi connectivity index (χ4v) is 1.11. The number of hydrogen-bond donors (Lipinski definition) is 2. The van der Waals surface area contributed by atoms with Crippen LogP contribution in [-0.2, 0) is 9.53 Å². The van der Waals surface area contributed by atoms with Gasteiger partial charge in [-0.25, -0.2) is 0 Å². The van der Waals surface area contributed by atoms with Crippen LogP contribution >= 0.6 is 0 Å². The average Bonchev–Trinajstić information content (AvgIpc) is 2.03. The van der Waals surface area contributed by atoms with E-state index < -0.39 is 6.04 Å². The van der Waals surface area contributed by atoms with Crippen LogP contribution in [0.4, 0.5) is 0 Å². The highest BCUT2D eigenvalue weighted by Gasteiger charge is 2.17. The molecule has 1 unspecified atom stereocenters. The van der Waals surface area contributed by atoms with Crippen LogP contribution in [0.15, 0.2) is 0 Å². The molecule has 0 aliphatic heterocycles.